The number of nitrogens with zero attached hydrogens (tertiary/aromatic N) is 3. The van der Waals surface area contributed by atoms with Gasteiger partial charge in [0.25, 0.3) is 0 Å². The summed E-state index contributed by atoms with van der Waals surface area (Å²) in [6.07, 6.45) is 5.12. The monoisotopic (exact) mass is 407 g/mol. The van der Waals surface area contributed by atoms with E-state index in [2.05, 4.69) is 37.2 Å². The van der Waals surface area contributed by atoms with Crippen molar-refractivity contribution in [1.29, 1.82) is 0 Å². The molecule has 7 heteroatoms. The molecule has 156 valence electrons. The van der Waals surface area contributed by atoms with Crippen LogP contribution in [0.3, 0.4) is 0 Å². The molecule has 0 aliphatic carbocycles. The van der Waals surface area contributed by atoms with E-state index in [4.69, 9.17) is 9.26 Å². The molecule has 0 saturated carbocycles. The zero-order valence-electron chi connectivity index (χ0n) is 17.4. The summed E-state index contributed by atoms with van der Waals surface area (Å²) in [6, 6.07) is 7.99. The number of ether oxygens (including phenoxy) is 1. The fraction of sp³-hybridized carbons (Fsp3) is 0.435. The van der Waals surface area contributed by atoms with Gasteiger partial charge in [0.15, 0.2) is 5.76 Å². The fourth-order valence-electron chi connectivity index (χ4n) is 5.01. The predicted molar refractivity (Wildman–Crippen MR) is 108 cm³/mol. The minimum atomic E-state index is -0.700. The number of carbonyl (C=O) groups excluding carboxylic acids is 2. The first-order chi connectivity index (χ1) is 14.4. The zero-order chi connectivity index (χ0) is 21.0. The second kappa shape index (κ2) is 6.80. The van der Waals surface area contributed by atoms with Crippen molar-refractivity contribution in [1.82, 2.24) is 15.0 Å². The molecular weight excluding hydrogens is 382 g/mol. The molecule has 2 amide bonds. The zero-order valence-corrected chi connectivity index (χ0v) is 17.4. The van der Waals surface area contributed by atoms with Crippen molar-refractivity contribution >= 4 is 11.8 Å². The van der Waals surface area contributed by atoms with Gasteiger partial charge in [-0.1, -0.05) is 35.5 Å². The molecule has 2 saturated heterocycles. The summed E-state index contributed by atoms with van der Waals surface area (Å²) in [4.78, 5) is 30.1. The number of amides is 2. The van der Waals surface area contributed by atoms with E-state index in [0.717, 1.165) is 5.56 Å². The number of aromatic nitrogens is 1. The van der Waals surface area contributed by atoms with Crippen molar-refractivity contribution in [2.75, 3.05) is 13.6 Å². The molecular formula is C23H25N3O4. The van der Waals surface area contributed by atoms with Gasteiger partial charge < -0.3 is 19.1 Å². The summed E-state index contributed by atoms with van der Waals surface area (Å²) in [5, 5.41) is 3.69. The summed E-state index contributed by atoms with van der Waals surface area (Å²) < 4.78 is 11.3. The van der Waals surface area contributed by atoms with Crippen LogP contribution in [0.25, 0.3) is 0 Å². The molecule has 3 aliphatic heterocycles. The van der Waals surface area contributed by atoms with Crippen molar-refractivity contribution in [2.24, 2.45) is 11.8 Å². The van der Waals surface area contributed by atoms with Crippen LogP contribution in [0, 0.1) is 25.7 Å². The van der Waals surface area contributed by atoms with Crippen LogP contribution < -0.4 is 0 Å². The first-order valence-corrected chi connectivity index (χ1v) is 10.2. The molecule has 0 N–H and O–H groups in total. The summed E-state index contributed by atoms with van der Waals surface area (Å²) in [7, 11) is 1.72. The Bertz CT molecular complexity index is 1030. The number of rotatable bonds is 5. The Labute approximate surface area is 175 Å². The van der Waals surface area contributed by atoms with E-state index in [-0.39, 0.29) is 17.9 Å². The van der Waals surface area contributed by atoms with Crippen LogP contribution in [0.1, 0.15) is 22.5 Å². The molecule has 7 nitrogen and oxygen atoms in total. The maximum atomic E-state index is 13.4. The van der Waals surface area contributed by atoms with Crippen LogP contribution in [0.5, 0.6) is 0 Å². The lowest BCUT2D eigenvalue weighted by Crippen LogP contribution is -2.44. The average molecular weight is 407 g/mol. The Hall–Kier alpha value is -2.93. The minimum absolute atomic E-state index is 0.00788. The number of likely N-dealkylation sites (tertiary alicyclic amines) is 1. The SMILES string of the molecule is Cc1ccc(CN2C[C@]34C=C[C@H](O3)[C@@H](C(=O)N(C)Cc3ccno3)[C@H]4C2=O)cc1C. The summed E-state index contributed by atoms with van der Waals surface area (Å²) in [6.45, 7) is 5.46. The largest absolute Gasteiger partial charge is 0.360 e. The molecule has 3 aliphatic rings. The highest BCUT2D eigenvalue weighted by molar-refractivity contribution is 5.93. The minimum Gasteiger partial charge on any atom is -0.360 e. The second-order valence-corrected chi connectivity index (χ2v) is 8.69. The molecule has 2 aromatic rings. The van der Waals surface area contributed by atoms with Gasteiger partial charge in [0.1, 0.15) is 5.60 Å². The molecule has 1 aromatic carbocycles. The van der Waals surface area contributed by atoms with Gasteiger partial charge in [-0.3, -0.25) is 9.59 Å². The molecule has 2 fully saturated rings. The maximum absolute atomic E-state index is 13.4. The van der Waals surface area contributed by atoms with Crippen molar-refractivity contribution in [2.45, 2.75) is 38.6 Å². The van der Waals surface area contributed by atoms with Crippen molar-refractivity contribution < 1.29 is 18.8 Å². The quantitative estimate of drug-likeness (QED) is 0.711. The number of hydrogen-bond donors (Lipinski definition) is 0. The standard InChI is InChI=1S/C23H25N3O4/c1-14-4-5-16(10-15(14)2)11-26-13-23-8-6-18(29-23)19(20(23)22(26)28)21(27)25(3)12-17-7-9-24-30-17/h4-10,18-20H,11-13H2,1-3H3/t18-,19+,20-,23-/m0/s1. The molecule has 4 heterocycles. The third kappa shape index (κ3) is 2.88. The number of fused-ring (bicyclic) bond motifs is 1. The van der Waals surface area contributed by atoms with E-state index < -0.39 is 17.4 Å². The van der Waals surface area contributed by atoms with Crippen molar-refractivity contribution in [3.8, 4) is 0 Å². The molecule has 2 bridgehead atoms. The van der Waals surface area contributed by atoms with E-state index in [1.54, 1.807) is 24.2 Å². The number of benzene rings is 1. The average Bonchev–Trinajstić information content (AvgIpc) is 3.47. The van der Waals surface area contributed by atoms with Gasteiger partial charge >= 0.3 is 0 Å². The molecule has 30 heavy (non-hydrogen) atoms. The van der Waals surface area contributed by atoms with Gasteiger partial charge in [-0.05, 0) is 30.5 Å². The maximum Gasteiger partial charge on any atom is 0.230 e. The Morgan fingerprint density at radius 2 is 2.13 bits per heavy atom. The Balaban J connectivity index is 1.36. The Morgan fingerprint density at radius 1 is 1.30 bits per heavy atom. The highest BCUT2D eigenvalue weighted by atomic mass is 16.5. The lowest BCUT2D eigenvalue weighted by atomic mass is 9.76. The molecule has 1 aromatic heterocycles. The van der Waals surface area contributed by atoms with Gasteiger partial charge in [0.2, 0.25) is 11.8 Å². The van der Waals surface area contributed by atoms with E-state index in [0.29, 0.717) is 25.4 Å². The van der Waals surface area contributed by atoms with Crippen molar-refractivity contribution in [3.05, 3.63) is 65.1 Å². The lowest BCUT2D eigenvalue weighted by molar-refractivity contribution is -0.143. The van der Waals surface area contributed by atoms with Crippen LogP contribution in [-0.4, -0.2) is 52.1 Å². The van der Waals surface area contributed by atoms with Gasteiger partial charge in [-0.2, -0.15) is 0 Å². The van der Waals surface area contributed by atoms with Crippen LogP contribution in [0.2, 0.25) is 0 Å². The van der Waals surface area contributed by atoms with Crippen LogP contribution in [-0.2, 0) is 27.4 Å². The normalized spacial score (nSPS) is 29.0. The third-order valence-electron chi connectivity index (χ3n) is 6.67. The Kier molecular flexibility index (Phi) is 4.32. The van der Waals surface area contributed by atoms with Gasteiger partial charge in [-0.15, -0.1) is 0 Å². The van der Waals surface area contributed by atoms with Crippen LogP contribution >= 0.6 is 0 Å². The summed E-state index contributed by atoms with van der Waals surface area (Å²) in [5.41, 5.74) is 2.82. The summed E-state index contributed by atoms with van der Waals surface area (Å²) in [5.74, 6) is -0.501. The smallest absolute Gasteiger partial charge is 0.230 e. The lowest BCUT2D eigenvalue weighted by Gasteiger charge is -2.27. The van der Waals surface area contributed by atoms with E-state index in [9.17, 15) is 9.59 Å². The Morgan fingerprint density at radius 3 is 2.87 bits per heavy atom. The third-order valence-corrected chi connectivity index (χ3v) is 6.67. The first-order valence-electron chi connectivity index (χ1n) is 10.2. The molecule has 4 atom stereocenters. The highest BCUT2D eigenvalue weighted by Gasteiger charge is 2.67. The van der Waals surface area contributed by atoms with E-state index in [1.807, 2.05) is 17.1 Å². The van der Waals surface area contributed by atoms with E-state index in [1.165, 1.54) is 11.1 Å². The van der Waals surface area contributed by atoms with Gasteiger partial charge in [0, 0.05) is 19.7 Å². The van der Waals surface area contributed by atoms with E-state index >= 15 is 0 Å². The number of carbonyl (C=O) groups is 2. The predicted octanol–water partition coefficient (Wildman–Crippen LogP) is 2.23. The van der Waals surface area contributed by atoms with Gasteiger partial charge in [0.05, 0.1) is 37.2 Å². The highest BCUT2D eigenvalue weighted by Crippen LogP contribution is 2.52. The van der Waals surface area contributed by atoms with Crippen molar-refractivity contribution in [3.63, 3.8) is 0 Å². The van der Waals surface area contributed by atoms with Crippen LogP contribution in [0.4, 0.5) is 0 Å². The molecule has 1 spiro atoms. The number of aryl methyl sites for hydroxylation is 2. The number of hydrogen-bond acceptors (Lipinski definition) is 5. The molecule has 0 radical (unpaired) electrons. The topological polar surface area (TPSA) is 75.9 Å². The molecule has 0 unspecified atom stereocenters. The van der Waals surface area contributed by atoms with Crippen LogP contribution in [0.15, 0.2) is 47.1 Å². The summed E-state index contributed by atoms with van der Waals surface area (Å²) >= 11 is 0. The molecule has 5 rings (SSSR count). The first kappa shape index (κ1) is 19.1. The van der Waals surface area contributed by atoms with Gasteiger partial charge in [-0.25, -0.2) is 0 Å². The fourth-order valence-corrected chi connectivity index (χ4v) is 5.01. The second-order valence-electron chi connectivity index (χ2n) is 8.69.